The molecule has 2 amide bonds. The third kappa shape index (κ3) is 5.09. The van der Waals surface area contributed by atoms with Gasteiger partial charge in [-0.25, -0.2) is 4.39 Å². The molecule has 2 unspecified atom stereocenters. The van der Waals surface area contributed by atoms with Gasteiger partial charge in [-0.1, -0.05) is 0 Å². The first-order valence-electron chi connectivity index (χ1n) is 15.4. The summed E-state index contributed by atoms with van der Waals surface area (Å²) in [5.74, 6) is -0.315. The number of halogens is 1. The Balaban J connectivity index is 1.17. The van der Waals surface area contributed by atoms with E-state index in [1.165, 1.54) is 19.2 Å². The molecular formula is C32H40FN3O6. The first-order chi connectivity index (χ1) is 20.1. The molecule has 0 spiro atoms. The first-order valence-corrected chi connectivity index (χ1v) is 15.4. The fourth-order valence-corrected chi connectivity index (χ4v) is 8.35. The summed E-state index contributed by atoms with van der Waals surface area (Å²) in [4.78, 5) is 38.9. The number of rotatable bonds is 8. The Bertz CT molecular complexity index is 1300. The quantitative estimate of drug-likeness (QED) is 0.414. The summed E-state index contributed by atoms with van der Waals surface area (Å²) in [7, 11) is 1.43. The number of aliphatic carboxylic acids is 1. The average molecular weight is 582 g/mol. The number of hydrogen-bond acceptors (Lipinski definition) is 6. The molecule has 6 fully saturated rings. The molecule has 1 aromatic rings. The third-order valence-electron chi connectivity index (χ3n) is 11.1. The van der Waals surface area contributed by atoms with E-state index in [-0.39, 0.29) is 70.4 Å². The number of nitrogens with zero attached hydrogens (tertiary/aromatic N) is 1. The SMILES string of the molecule is COc1cc(C#N)c(O[C@H]2CC[C@@](C)(C(=O)O)CC2)cc1C(=O)N[C@@H]1[C@H]2CC[C@H](C2)[C@@H]1C(=O)NC1CC(F)C2CC1C2. The minimum atomic E-state index is -0.855. The summed E-state index contributed by atoms with van der Waals surface area (Å²) in [6.45, 7) is 1.74. The maximum absolute atomic E-state index is 14.4. The number of carbonyl (C=O) groups is 3. The van der Waals surface area contributed by atoms with Gasteiger partial charge in [0, 0.05) is 18.2 Å². The van der Waals surface area contributed by atoms with Crippen molar-refractivity contribution in [3.8, 4) is 17.6 Å². The molecule has 6 atom stereocenters. The monoisotopic (exact) mass is 581 g/mol. The van der Waals surface area contributed by atoms with Crippen LogP contribution < -0.4 is 20.1 Å². The number of ether oxygens (including phenoxy) is 2. The van der Waals surface area contributed by atoms with Crippen molar-refractivity contribution in [2.45, 2.75) is 95.5 Å². The zero-order chi connectivity index (χ0) is 29.8. The Morgan fingerprint density at radius 1 is 0.976 bits per heavy atom. The predicted molar refractivity (Wildman–Crippen MR) is 150 cm³/mol. The summed E-state index contributed by atoms with van der Waals surface area (Å²) >= 11 is 0. The normalized spacial score (nSPS) is 38.1. The third-order valence-corrected chi connectivity index (χ3v) is 11.1. The summed E-state index contributed by atoms with van der Waals surface area (Å²) in [6, 6.07) is 4.65. The molecule has 226 valence electrons. The number of carboxylic acids is 1. The molecule has 6 saturated carbocycles. The Hall–Kier alpha value is -3.35. The topological polar surface area (TPSA) is 138 Å². The number of methoxy groups -OCH3 is 1. The number of carboxylic acid groups (broad SMARTS) is 1. The summed E-state index contributed by atoms with van der Waals surface area (Å²) in [5, 5.41) is 25.6. The maximum Gasteiger partial charge on any atom is 0.309 e. The van der Waals surface area contributed by atoms with Crippen LogP contribution in [0.4, 0.5) is 4.39 Å². The lowest BCUT2D eigenvalue weighted by Gasteiger charge is -2.49. The number of alkyl halides is 1. The van der Waals surface area contributed by atoms with Gasteiger partial charge in [-0.05, 0) is 101 Å². The van der Waals surface area contributed by atoms with Gasteiger partial charge < -0.3 is 25.2 Å². The lowest BCUT2D eigenvalue weighted by Crippen LogP contribution is -2.57. The number of carbonyl (C=O) groups excluding carboxylic acids is 2. The summed E-state index contributed by atoms with van der Waals surface area (Å²) < 4.78 is 26.0. The zero-order valence-corrected chi connectivity index (χ0v) is 24.2. The lowest BCUT2D eigenvalue weighted by molar-refractivity contribution is -0.150. The van der Waals surface area contributed by atoms with E-state index in [2.05, 4.69) is 16.7 Å². The van der Waals surface area contributed by atoms with Gasteiger partial charge in [-0.2, -0.15) is 5.26 Å². The van der Waals surface area contributed by atoms with Gasteiger partial charge in [0.05, 0.1) is 35.7 Å². The minimum absolute atomic E-state index is 0.0866. The molecule has 6 aliphatic rings. The largest absolute Gasteiger partial charge is 0.496 e. The van der Waals surface area contributed by atoms with Crippen molar-refractivity contribution in [3.63, 3.8) is 0 Å². The molecule has 10 heteroatoms. The van der Waals surface area contributed by atoms with Gasteiger partial charge in [0.25, 0.3) is 5.91 Å². The van der Waals surface area contributed by atoms with Crippen LogP contribution in [0.15, 0.2) is 12.1 Å². The minimum Gasteiger partial charge on any atom is -0.496 e. The molecule has 7 rings (SSSR count). The average Bonchev–Trinajstić information content (AvgIpc) is 3.55. The summed E-state index contributed by atoms with van der Waals surface area (Å²) in [5.41, 5.74) is -0.353. The molecule has 4 bridgehead atoms. The van der Waals surface area contributed by atoms with Crippen LogP contribution in [0.1, 0.15) is 87.1 Å². The van der Waals surface area contributed by atoms with Crippen LogP contribution in [0.25, 0.3) is 0 Å². The summed E-state index contributed by atoms with van der Waals surface area (Å²) in [6.07, 6.45) is 5.64. The molecule has 6 aliphatic carbocycles. The van der Waals surface area contributed by atoms with Crippen LogP contribution in [0, 0.1) is 46.3 Å². The fraction of sp³-hybridized carbons (Fsp3) is 0.688. The first kappa shape index (κ1) is 28.8. The van der Waals surface area contributed by atoms with Crippen LogP contribution in [-0.4, -0.2) is 54.4 Å². The molecule has 9 nitrogen and oxygen atoms in total. The highest BCUT2D eigenvalue weighted by atomic mass is 19.1. The molecule has 3 N–H and O–H groups in total. The molecule has 0 saturated heterocycles. The Kier molecular flexibility index (Phi) is 7.57. The number of nitriles is 1. The molecule has 0 radical (unpaired) electrons. The van der Waals surface area contributed by atoms with Crippen molar-refractivity contribution in [1.29, 1.82) is 5.26 Å². The van der Waals surface area contributed by atoms with E-state index in [0.717, 1.165) is 32.1 Å². The number of benzene rings is 1. The Morgan fingerprint density at radius 3 is 2.31 bits per heavy atom. The maximum atomic E-state index is 14.4. The predicted octanol–water partition coefficient (Wildman–Crippen LogP) is 4.38. The highest BCUT2D eigenvalue weighted by Crippen LogP contribution is 2.50. The van der Waals surface area contributed by atoms with Gasteiger partial charge in [0.15, 0.2) is 0 Å². The van der Waals surface area contributed by atoms with Crippen LogP contribution in [0.3, 0.4) is 0 Å². The van der Waals surface area contributed by atoms with Crippen molar-refractivity contribution in [2.24, 2.45) is 35.0 Å². The Labute approximate surface area is 245 Å². The van der Waals surface area contributed by atoms with E-state index in [1.54, 1.807) is 6.92 Å². The van der Waals surface area contributed by atoms with Crippen LogP contribution >= 0.6 is 0 Å². The van der Waals surface area contributed by atoms with E-state index in [9.17, 15) is 29.1 Å². The number of hydrogen-bond donors (Lipinski definition) is 3. The molecular weight excluding hydrogens is 541 g/mol. The van der Waals surface area contributed by atoms with E-state index >= 15 is 0 Å². The van der Waals surface area contributed by atoms with Crippen molar-refractivity contribution in [1.82, 2.24) is 10.6 Å². The number of nitrogens with one attached hydrogen (secondary N) is 2. The lowest BCUT2D eigenvalue weighted by atomic mass is 9.61. The van der Waals surface area contributed by atoms with Gasteiger partial charge in [0.2, 0.25) is 5.91 Å². The highest BCUT2D eigenvalue weighted by Gasteiger charge is 2.53. The van der Waals surface area contributed by atoms with Crippen molar-refractivity contribution >= 4 is 17.8 Å². The molecule has 0 heterocycles. The van der Waals surface area contributed by atoms with Gasteiger partial charge in [0.1, 0.15) is 23.7 Å². The molecule has 42 heavy (non-hydrogen) atoms. The standard InChI is InChI=1S/C32H40FN3O6/c1-32(31(39)40)7-5-21(6-8-32)42-25-13-22(26(41-2)12-20(25)15-34)29(37)36-28-17-4-3-16(9-17)27(28)30(38)35-24-14-23(33)18-10-19(24)11-18/h12-13,16-19,21,23-24,27-28H,3-11,14H2,1-2H3,(H,35,38)(H,36,37)(H,39,40)/t16-,17+,18?,19?,21-,23?,24?,27+,28-,32+/m1/s1. The smallest absolute Gasteiger partial charge is 0.309 e. The number of fused-ring (bicyclic) bond motifs is 4. The van der Waals surface area contributed by atoms with E-state index < -0.39 is 23.5 Å². The fourth-order valence-electron chi connectivity index (χ4n) is 8.35. The van der Waals surface area contributed by atoms with E-state index in [0.29, 0.717) is 38.0 Å². The van der Waals surface area contributed by atoms with E-state index in [1.807, 2.05) is 0 Å². The number of amides is 2. The van der Waals surface area contributed by atoms with Crippen LogP contribution in [0.2, 0.25) is 0 Å². The second kappa shape index (κ2) is 11.1. The van der Waals surface area contributed by atoms with Crippen LogP contribution in [-0.2, 0) is 9.59 Å². The molecule has 1 aromatic carbocycles. The molecule has 0 aliphatic heterocycles. The second-order valence-electron chi connectivity index (χ2n) is 13.6. The van der Waals surface area contributed by atoms with Gasteiger partial charge in [-0.3, -0.25) is 14.4 Å². The van der Waals surface area contributed by atoms with Crippen molar-refractivity contribution in [3.05, 3.63) is 23.3 Å². The van der Waals surface area contributed by atoms with E-state index in [4.69, 9.17) is 9.47 Å². The van der Waals surface area contributed by atoms with Crippen LogP contribution in [0.5, 0.6) is 11.5 Å². The van der Waals surface area contributed by atoms with Crippen molar-refractivity contribution < 1.29 is 33.4 Å². The van der Waals surface area contributed by atoms with Gasteiger partial charge >= 0.3 is 5.97 Å². The second-order valence-corrected chi connectivity index (χ2v) is 13.6. The highest BCUT2D eigenvalue weighted by molar-refractivity contribution is 5.98. The zero-order valence-electron chi connectivity index (χ0n) is 24.2. The molecule has 0 aromatic heterocycles. The Morgan fingerprint density at radius 2 is 1.67 bits per heavy atom. The van der Waals surface area contributed by atoms with Gasteiger partial charge in [-0.15, -0.1) is 0 Å². The van der Waals surface area contributed by atoms with Crippen molar-refractivity contribution in [2.75, 3.05) is 7.11 Å².